The quantitative estimate of drug-likeness (QED) is 0.313. The van der Waals surface area contributed by atoms with Gasteiger partial charge >= 0.3 is 0 Å². The number of nitrogens with one attached hydrogen (secondary N) is 1. The van der Waals surface area contributed by atoms with E-state index in [-0.39, 0.29) is 17.8 Å². The number of nitrogens with two attached hydrogens (primary N) is 1. The Balaban J connectivity index is 2.71. The Labute approximate surface area is 112 Å². The third-order valence-corrected chi connectivity index (χ3v) is 2.74. The fraction of sp³-hybridized carbons (Fsp3) is 0.385. The van der Waals surface area contributed by atoms with Crippen LogP contribution in [-0.4, -0.2) is 30.1 Å². The molecule has 0 bridgehead atoms. The van der Waals surface area contributed by atoms with Crippen LogP contribution in [0.15, 0.2) is 29.4 Å². The van der Waals surface area contributed by atoms with Crippen LogP contribution >= 0.6 is 0 Å². The highest BCUT2D eigenvalue weighted by Crippen LogP contribution is 2.13. The molecule has 1 aromatic rings. The number of amides is 1. The number of hydrogen-bond acceptors (Lipinski definition) is 4. The number of carbonyl (C=O) groups excluding carboxylic acids is 1. The molecule has 0 saturated heterocycles. The summed E-state index contributed by atoms with van der Waals surface area (Å²) >= 11 is 0. The first-order chi connectivity index (χ1) is 9.10. The van der Waals surface area contributed by atoms with Gasteiger partial charge in [-0.25, -0.2) is 0 Å². The first-order valence-corrected chi connectivity index (χ1v) is 6.02. The van der Waals surface area contributed by atoms with E-state index in [2.05, 4.69) is 10.5 Å². The molecule has 0 spiro atoms. The molecule has 1 unspecified atom stereocenters. The molecular formula is C13H19N3O3. The number of ether oxygens (including phenoxy) is 1. The van der Waals surface area contributed by atoms with E-state index in [9.17, 15) is 4.79 Å². The van der Waals surface area contributed by atoms with Gasteiger partial charge in [0, 0.05) is 18.0 Å². The van der Waals surface area contributed by atoms with Gasteiger partial charge in [0.15, 0.2) is 0 Å². The van der Waals surface area contributed by atoms with Crippen LogP contribution in [0.4, 0.5) is 0 Å². The summed E-state index contributed by atoms with van der Waals surface area (Å²) in [5.41, 5.74) is 5.95. The highest BCUT2D eigenvalue weighted by molar-refractivity contribution is 5.95. The van der Waals surface area contributed by atoms with Crippen LogP contribution in [0, 0.1) is 0 Å². The van der Waals surface area contributed by atoms with Crippen molar-refractivity contribution in [3.8, 4) is 5.75 Å². The van der Waals surface area contributed by atoms with Crippen molar-refractivity contribution in [3.63, 3.8) is 0 Å². The molecule has 0 fully saturated rings. The summed E-state index contributed by atoms with van der Waals surface area (Å²) in [7, 11) is 1.55. The fourth-order valence-electron chi connectivity index (χ4n) is 1.62. The zero-order valence-electron chi connectivity index (χ0n) is 11.1. The lowest BCUT2D eigenvalue weighted by Crippen LogP contribution is -2.37. The standard InChI is InChI=1S/C13H19N3O3/c1-3-10(8-12(14)16-18)15-13(17)9-5-4-6-11(7-9)19-2/h4-7,10,18H,3,8H2,1-2H3,(H2,14,16)(H,15,17). The van der Waals surface area contributed by atoms with Crippen molar-refractivity contribution in [2.75, 3.05) is 7.11 Å². The molecule has 0 aliphatic rings. The predicted octanol–water partition coefficient (Wildman–Crippen LogP) is 1.34. The topological polar surface area (TPSA) is 96.9 Å². The maximum atomic E-state index is 12.0. The van der Waals surface area contributed by atoms with Gasteiger partial charge in [-0.05, 0) is 24.6 Å². The average Bonchev–Trinajstić information content (AvgIpc) is 2.46. The van der Waals surface area contributed by atoms with Crippen LogP contribution in [0.5, 0.6) is 5.75 Å². The van der Waals surface area contributed by atoms with Crippen molar-refractivity contribution >= 4 is 11.7 Å². The SMILES string of the molecule is CCC(CC(N)=NO)NC(=O)c1cccc(OC)c1. The van der Waals surface area contributed by atoms with Crippen molar-refractivity contribution < 1.29 is 14.7 Å². The molecule has 4 N–H and O–H groups in total. The summed E-state index contributed by atoms with van der Waals surface area (Å²) in [4.78, 5) is 12.0. The third kappa shape index (κ3) is 4.50. The molecule has 6 heteroatoms. The number of methoxy groups -OCH3 is 1. The van der Waals surface area contributed by atoms with Crippen molar-refractivity contribution in [2.45, 2.75) is 25.8 Å². The van der Waals surface area contributed by atoms with E-state index in [1.165, 1.54) is 0 Å². The van der Waals surface area contributed by atoms with E-state index in [0.29, 0.717) is 24.2 Å². The number of benzene rings is 1. The number of carbonyl (C=O) groups is 1. The molecule has 0 heterocycles. The Morgan fingerprint density at radius 3 is 2.89 bits per heavy atom. The molecule has 0 aromatic heterocycles. The van der Waals surface area contributed by atoms with Crippen LogP contribution in [0.2, 0.25) is 0 Å². The van der Waals surface area contributed by atoms with Gasteiger partial charge in [0.1, 0.15) is 11.6 Å². The van der Waals surface area contributed by atoms with E-state index in [0.717, 1.165) is 0 Å². The van der Waals surface area contributed by atoms with Gasteiger partial charge in [-0.3, -0.25) is 4.79 Å². The predicted molar refractivity (Wildman–Crippen MR) is 72.6 cm³/mol. The van der Waals surface area contributed by atoms with Gasteiger partial charge in [0.2, 0.25) is 0 Å². The lowest BCUT2D eigenvalue weighted by Gasteiger charge is -2.16. The lowest BCUT2D eigenvalue weighted by molar-refractivity contribution is 0.0936. The van der Waals surface area contributed by atoms with E-state index >= 15 is 0 Å². The molecule has 0 saturated carbocycles. The van der Waals surface area contributed by atoms with Crippen molar-refractivity contribution in [2.24, 2.45) is 10.9 Å². The molecule has 0 aliphatic heterocycles. The fourth-order valence-corrected chi connectivity index (χ4v) is 1.62. The third-order valence-electron chi connectivity index (χ3n) is 2.74. The Morgan fingerprint density at radius 2 is 2.32 bits per heavy atom. The number of hydrogen-bond donors (Lipinski definition) is 3. The Kier molecular flexibility index (Phi) is 5.66. The van der Waals surface area contributed by atoms with E-state index < -0.39 is 0 Å². The first-order valence-electron chi connectivity index (χ1n) is 6.02. The van der Waals surface area contributed by atoms with E-state index in [1.807, 2.05) is 6.92 Å². The smallest absolute Gasteiger partial charge is 0.251 e. The summed E-state index contributed by atoms with van der Waals surface area (Å²) in [5, 5.41) is 14.3. The summed E-state index contributed by atoms with van der Waals surface area (Å²) in [6.45, 7) is 1.92. The summed E-state index contributed by atoms with van der Waals surface area (Å²) in [5.74, 6) is 0.506. The molecular weight excluding hydrogens is 246 g/mol. The van der Waals surface area contributed by atoms with Crippen molar-refractivity contribution in [1.29, 1.82) is 0 Å². The van der Waals surface area contributed by atoms with E-state index in [4.69, 9.17) is 15.7 Å². The van der Waals surface area contributed by atoms with Gasteiger partial charge in [0.25, 0.3) is 5.91 Å². The largest absolute Gasteiger partial charge is 0.497 e. The highest BCUT2D eigenvalue weighted by atomic mass is 16.5. The van der Waals surface area contributed by atoms with Crippen LogP contribution in [0.25, 0.3) is 0 Å². The summed E-state index contributed by atoms with van der Waals surface area (Å²) in [6.07, 6.45) is 0.995. The molecule has 0 aliphatic carbocycles. The molecule has 1 rings (SSSR count). The highest BCUT2D eigenvalue weighted by Gasteiger charge is 2.14. The molecule has 0 radical (unpaired) electrons. The second-order valence-corrected chi connectivity index (χ2v) is 4.11. The van der Waals surface area contributed by atoms with Gasteiger partial charge < -0.3 is 21.0 Å². The summed E-state index contributed by atoms with van der Waals surface area (Å²) in [6, 6.07) is 6.71. The number of nitrogens with zero attached hydrogens (tertiary/aromatic N) is 1. The minimum absolute atomic E-state index is 0.0952. The molecule has 19 heavy (non-hydrogen) atoms. The van der Waals surface area contributed by atoms with Crippen LogP contribution in [0.3, 0.4) is 0 Å². The minimum Gasteiger partial charge on any atom is -0.497 e. The summed E-state index contributed by atoms with van der Waals surface area (Å²) < 4.78 is 5.07. The second-order valence-electron chi connectivity index (χ2n) is 4.11. The lowest BCUT2D eigenvalue weighted by atomic mass is 10.1. The van der Waals surface area contributed by atoms with Gasteiger partial charge in [-0.2, -0.15) is 0 Å². The zero-order chi connectivity index (χ0) is 14.3. The van der Waals surface area contributed by atoms with Gasteiger partial charge in [0.05, 0.1) is 7.11 Å². The van der Waals surface area contributed by atoms with Gasteiger partial charge in [-0.15, -0.1) is 0 Å². The first kappa shape index (κ1) is 14.8. The van der Waals surface area contributed by atoms with Gasteiger partial charge in [-0.1, -0.05) is 18.1 Å². The van der Waals surface area contributed by atoms with Crippen LogP contribution in [0.1, 0.15) is 30.1 Å². The second kappa shape index (κ2) is 7.25. The van der Waals surface area contributed by atoms with Crippen LogP contribution in [-0.2, 0) is 0 Å². The Morgan fingerprint density at radius 1 is 1.58 bits per heavy atom. The Bertz CT molecular complexity index is 460. The molecule has 1 amide bonds. The number of oxime groups is 1. The average molecular weight is 265 g/mol. The molecule has 1 aromatic carbocycles. The molecule has 6 nitrogen and oxygen atoms in total. The van der Waals surface area contributed by atoms with E-state index in [1.54, 1.807) is 31.4 Å². The van der Waals surface area contributed by atoms with Crippen LogP contribution < -0.4 is 15.8 Å². The normalized spacial score (nSPS) is 12.8. The Hall–Kier alpha value is -2.24. The monoisotopic (exact) mass is 265 g/mol. The maximum absolute atomic E-state index is 12.0. The maximum Gasteiger partial charge on any atom is 0.251 e. The number of amidine groups is 1. The molecule has 1 atom stereocenters. The number of rotatable bonds is 6. The van der Waals surface area contributed by atoms with Crippen molar-refractivity contribution in [3.05, 3.63) is 29.8 Å². The minimum atomic E-state index is -0.212. The molecule has 104 valence electrons. The zero-order valence-corrected chi connectivity index (χ0v) is 11.1. The van der Waals surface area contributed by atoms with Crippen molar-refractivity contribution in [1.82, 2.24) is 5.32 Å².